The van der Waals surface area contributed by atoms with Crippen LogP contribution in [0.15, 0.2) is 6.07 Å². The standard InChI is InChI=1S/C10H17N3O/c1-5-7(2)11-10(14)9-6-8(3)13(4)12-9/h6-7H,5H2,1-4H3,(H,11,14)/t7-/m0/s1. The molecule has 14 heavy (non-hydrogen) atoms. The minimum absolute atomic E-state index is 0.0944. The molecular weight excluding hydrogens is 178 g/mol. The quantitative estimate of drug-likeness (QED) is 0.789. The molecule has 0 unspecified atom stereocenters. The number of amides is 1. The molecule has 1 rings (SSSR count). The molecule has 4 nitrogen and oxygen atoms in total. The number of nitrogens with one attached hydrogen (secondary N) is 1. The highest BCUT2D eigenvalue weighted by Crippen LogP contribution is 2.01. The molecule has 1 atom stereocenters. The first kappa shape index (κ1) is 10.8. The SMILES string of the molecule is CC[C@H](C)NC(=O)c1cc(C)n(C)n1. The van der Waals surface area contributed by atoms with E-state index >= 15 is 0 Å². The van der Waals surface area contributed by atoms with E-state index in [2.05, 4.69) is 10.4 Å². The van der Waals surface area contributed by atoms with Crippen molar-refractivity contribution in [1.29, 1.82) is 0 Å². The molecule has 1 aromatic heterocycles. The molecule has 78 valence electrons. The predicted octanol–water partition coefficient (Wildman–Crippen LogP) is 1.26. The summed E-state index contributed by atoms with van der Waals surface area (Å²) in [6, 6.07) is 1.99. The fourth-order valence-electron chi connectivity index (χ4n) is 1.07. The molecule has 0 aliphatic carbocycles. The molecule has 1 N–H and O–H groups in total. The summed E-state index contributed by atoms with van der Waals surface area (Å²) < 4.78 is 1.70. The van der Waals surface area contributed by atoms with Gasteiger partial charge >= 0.3 is 0 Å². The zero-order chi connectivity index (χ0) is 10.7. The van der Waals surface area contributed by atoms with Gasteiger partial charge in [0.2, 0.25) is 0 Å². The Morgan fingerprint density at radius 2 is 2.36 bits per heavy atom. The van der Waals surface area contributed by atoms with Crippen LogP contribution in [0.2, 0.25) is 0 Å². The van der Waals surface area contributed by atoms with Gasteiger partial charge in [0.05, 0.1) is 0 Å². The number of nitrogens with zero attached hydrogens (tertiary/aromatic N) is 2. The molecule has 1 aromatic rings. The summed E-state index contributed by atoms with van der Waals surface area (Å²) in [6.07, 6.45) is 0.928. The van der Waals surface area contributed by atoms with Crippen molar-refractivity contribution in [3.8, 4) is 0 Å². The summed E-state index contributed by atoms with van der Waals surface area (Å²) in [4.78, 5) is 11.6. The van der Waals surface area contributed by atoms with Gasteiger partial charge in [0.15, 0.2) is 0 Å². The molecule has 0 aromatic carbocycles. The summed E-state index contributed by atoms with van der Waals surface area (Å²) in [5, 5.41) is 6.97. The van der Waals surface area contributed by atoms with Crippen LogP contribution in [0, 0.1) is 6.92 Å². The minimum atomic E-state index is -0.0944. The summed E-state index contributed by atoms with van der Waals surface area (Å²) in [6.45, 7) is 5.94. The lowest BCUT2D eigenvalue weighted by Crippen LogP contribution is -2.32. The van der Waals surface area contributed by atoms with Gasteiger partial charge in [0.25, 0.3) is 5.91 Å². The monoisotopic (exact) mass is 195 g/mol. The molecule has 0 spiro atoms. The first-order valence-corrected chi connectivity index (χ1v) is 4.86. The van der Waals surface area contributed by atoms with E-state index in [1.54, 1.807) is 10.7 Å². The molecule has 0 saturated heterocycles. The van der Waals surface area contributed by atoms with Gasteiger partial charge < -0.3 is 5.32 Å². The molecule has 0 saturated carbocycles. The highest BCUT2D eigenvalue weighted by molar-refractivity contribution is 5.92. The Kier molecular flexibility index (Phi) is 3.28. The number of carbonyl (C=O) groups excluding carboxylic acids is 1. The third-order valence-corrected chi connectivity index (χ3v) is 2.34. The third-order valence-electron chi connectivity index (χ3n) is 2.34. The number of carbonyl (C=O) groups is 1. The van der Waals surface area contributed by atoms with Gasteiger partial charge in [-0.15, -0.1) is 0 Å². The average molecular weight is 195 g/mol. The van der Waals surface area contributed by atoms with Gasteiger partial charge in [-0.25, -0.2) is 0 Å². The highest BCUT2D eigenvalue weighted by Gasteiger charge is 2.12. The van der Waals surface area contributed by atoms with Crippen molar-refractivity contribution in [2.24, 2.45) is 7.05 Å². The van der Waals surface area contributed by atoms with Crippen molar-refractivity contribution < 1.29 is 4.79 Å². The fourth-order valence-corrected chi connectivity index (χ4v) is 1.07. The van der Waals surface area contributed by atoms with Crippen molar-refractivity contribution >= 4 is 5.91 Å². The maximum absolute atomic E-state index is 11.6. The van der Waals surface area contributed by atoms with Gasteiger partial charge in [0.1, 0.15) is 5.69 Å². The van der Waals surface area contributed by atoms with Crippen LogP contribution in [0.1, 0.15) is 36.5 Å². The van der Waals surface area contributed by atoms with Crippen molar-refractivity contribution in [2.75, 3.05) is 0 Å². The number of rotatable bonds is 3. The van der Waals surface area contributed by atoms with E-state index < -0.39 is 0 Å². The van der Waals surface area contributed by atoms with Crippen molar-refractivity contribution in [2.45, 2.75) is 33.2 Å². The first-order chi connectivity index (χ1) is 6.54. The molecule has 0 radical (unpaired) electrons. The largest absolute Gasteiger partial charge is 0.348 e. The van der Waals surface area contributed by atoms with Crippen molar-refractivity contribution in [3.05, 3.63) is 17.5 Å². The van der Waals surface area contributed by atoms with Gasteiger partial charge in [0, 0.05) is 18.8 Å². The zero-order valence-corrected chi connectivity index (χ0v) is 9.16. The summed E-state index contributed by atoms with van der Waals surface area (Å²) in [7, 11) is 1.83. The Bertz CT molecular complexity index is 311. The Morgan fingerprint density at radius 1 is 1.71 bits per heavy atom. The third kappa shape index (κ3) is 2.34. The van der Waals surface area contributed by atoms with Gasteiger partial charge in [-0.2, -0.15) is 5.10 Å². The summed E-state index contributed by atoms with van der Waals surface area (Å²) in [5.74, 6) is -0.0944. The van der Waals surface area contributed by atoms with Crippen LogP contribution in [0.5, 0.6) is 0 Å². The second-order valence-corrected chi connectivity index (χ2v) is 3.58. The zero-order valence-electron chi connectivity index (χ0n) is 9.16. The van der Waals surface area contributed by atoms with E-state index in [0.717, 1.165) is 12.1 Å². The van der Waals surface area contributed by atoms with Crippen LogP contribution in [-0.4, -0.2) is 21.7 Å². The van der Waals surface area contributed by atoms with Crippen LogP contribution in [-0.2, 0) is 7.05 Å². The second kappa shape index (κ2) is 4.26. The Balaban J connectivity index is 2.70. The lowest BCUT2D eigenvalue weighted by Gasteiger charge is -2.09. The van der Waals surface area contributed by atoms with Gasteiger partial charge in [-0.1, -0.05) is 6.92 Å². The van der Waals surface area contributed by atoms with Crippen molar-refractivity contribution in [3.63, 3.8) is 0 Å². The van der Waals surface area contributed by atoms with Gasteiger partial charge in [-0.05, 0) is 26.3 Å². The lowest BCUT2D eigenvalue weighted by atomic mass is 10.2. The van der Waals surface area contributed by atoms with Crippen LogP contribution < -0.4 is 5.32 Å². The van der Waals surface area contributed by atoms with E-state index in [9.17, 15) is 4.79 Å². The fraction of sp³-hybridized carbons (Fsp3) is 0.600. The minimum Gasteiger partial charge on any atom is -0.348 e. The van der Waals surface area contributed by atoms with Gasteiger partial charge in [-0.3, -0.25) is 9.48 Å². The maximum atomic E-state index is 11.6. The number of aromatic nitrogens is 2. The topological polar surface area (TPSA) is 46.9 Å². The average Bonchev–Trinajstić information content (AvgIpc) is 2.47. The Labute approximate surface area is 84.3 Å². The summed E-state index contributed by atoms with van der Waals surface area (Å²) in [5.41, 5.74) is 1.48. The van der Waals surface area contributed by atoms with Crippen LogP contribution in [0.3, 0.4) is 0 Å². The van der Waals surface area contributed by atoms with E-state index in [4.69, 9.17) is 0 Å². The Hall–Kier alpha value is -1.32. The molecular formula is C10H17N3O. The first-order valence-electron chi connectivity index (χ1n) is 4.86. The molecule has 4 heteroatoms. The Morgan fingerprint density at radius 3 is 2.79 bits per heavy atom. The lowest BCUT2D eigenvalue weighted by molar-refractivity contribution is 0.0933. The molecule has 1 amide bonds. The van der Waals surface area contributed by atoms with E-state index in [1.807, 2.05) is 27.8 Å². The molecule has 0 aliphatic heterocycles. The number of hydrogen-bond acceptors (Lipinski definition) is 2. The maximum Gasteiger partial charge on any atom is 0.271 e. The normalized spacial score (nSPS) is 12.6. The van der Waals surface area contributed by atoms with Crippen LogP contribution in [0.4, 0.5) is 0 Å². The highest BCUT2D eigenvalue weighted by atomic mass is 16.2. The second-order valence-electron chi connectivity index (χ2n) is 3.58. The van der Waals surface area contributed by atoms with E-state index in [-0.39, 0.29) is 11.9 Å². The predicted molar refractivity (Wildman–Crippen MR) is 55.2 cm³/mol. The van der Waals surface area contributed by atoms with E-state index in [0.29, 0.717) is 5.69 Å². The molecule has 0 fully saturated rings. The van der Waals surface area contributed by atoms with Crippen LogP contribution in [0.25, 0.3) is 0 Å². The number of aryl methyl sites for hydroxylation is 2. The molecule has 1 heterocycles. The van der Waals surface area contributed by atoms with Crippen molar-refractivity contribution in [1.82, 2.24) is 15.1 Å². The van der Waals surface area contributed by atoms with E-state index in [1.165, 1.54) is 0 Å². The summed E-state index contributed by atoms with van der Waals surface area (Å²) >= 11 is 0. The molecule has 0 bridgehead atoms. The number of hydrogen-bond donors (Lipinski definition) is 1. The smallest absolute Gasteiger partial charge is 0.271 e. The molecule has 0 aliphatic rings. The van der Waals surface area contributed by atoms with Crippen LogP contribution >= 0.6 is 0 Å².